The van der Waals surface area contributed by atoms with Gasteiger partial charge in [0.05, 0.1) is 17.9 Å². The number of hydrogen-bond acceptors (Lipinski definition) is 2. The Bertz CT molecular complexity index is 483. The molecule has 2 heteroatoms. The van der Waals surface area contributed by atoms with Crippen molar-refractivity contribution in [2.45, 2.75) is 5.41 Å². The predicted octanol–water partition coefficient (Wildman–Crippen LogP) is 2.89. The van der Waals surface area contributed by atoms with Gasteiger partial charge in [-0.2, -0.15) is 0 Å². The van der Waals surface area contributed by atoms with Crippen molar-refractivity contribution in [1.29, 1.82) is 0 Å². The zero-order valence-corrected chi connectivity index (χ0v) is 8.05. The number of benzene rings is 1. The van der Waals surface area contributed by atoms with E-state index in [0.717, 1.165) is 11.1 Å². The summed E-state index contributed by atoms with van der Waals surface area (Å²) in [6, 6.07) is 7.96. The molecule has 0 atom stereocenters. The zero-order chi connectivity index (χ0) is 10.3. The minimum Gasteiger partial charge on any atom is -0.511 e. The maximum Gasteiger partial charge on any atom is 0.111 e. The SMILES string of the molecule is OC1=Cc2ccccc2C12C=COC=C2. The van der Waals surface area contributed by atoms with Gasteiger partial charge in [-0.3, -0.25) is 0 Å². The van der Waals surface area contributed by atoms with Crippen molar-refractivity contribution in [3.05, 3.63) is 65.8 Å². The van der Waals surface area contributed by atoms with Gasteiger partial charge >= 0.3 is 0 Å². The number of allylic oxidation sites excluding steroid dienone is 1. The third-order valence-corrected chi connectivity index (χ3v) is 2.94. The standard InChI is InChI=1S/C13H10O2/c14-12-9-10-3-1-2-4-11(10)13(12)5-7-15-8-6-13/h1-9,14H. The minimum atomic E-state index is -0.505. The molecular formula is C13H10O2. The lowest BCUT2D eigenvalue weighted by Crippen LogP contribution is -2.22. The Morgan fingerprint density at radius 1 is 1.07 bits per heavy atom. The van der Waals surface area contributed by atoms with Crippen LogP contribution >= 0.6 is 0 Å². The lowest BCUT2D eigenvalue weighted by Gasteiger charge is -2.25. The van der Waals surface area contributed by atoms with Crippen molar-refractivity contribution >= 4 is 6.08 Å². The Hall–Kier alpha value is -1.96. The zero-order valence-electron chi connectivity index (χ0n) is 8.05. The Labute approximate surface area is 87.8 Å². The van der Waals surface area contributed by atoms with E-state index in [1.807, 2.05) is 36.4 Å². The molecule has 74 valence electrons. The van der Waals surface area contributed by atoms with Gasteiger partial charge in [0.15, 0.2) is 0 Å². The number of hydrogen-bond donors (Lipinski definition) is 1. The van der Waals surface area contributed by atoms with E-state index in [2.05, 4.69) is 0 Å². The van der Waals surface area contributed by atoms with Gasteiger partial charge in [0.25, 0.3) is 0 Å². The number of aliphatic hydroxyl groups excluding tert-OH is 1. The highest BCUT2D eigenvalue weighted by Gasteiger charge is 2.38. The maximum absolute atomic E-state index is 10.0. The molecule has 2 nitrogen and oxygen atoms in total. The van der Waals surface area contributed by atoms with Crippen LogP contribution in [-0.2, 0) is 10.2 Å². The van der Waals surface area contributed by atoms with Gasteiger partial charge in [0.1, 0.15) is 5.76 Å². The van der Waals surface area contributed by atoms with E-state index in [-0.39, 0.29) is 0 Å². The molecule has 1 aliphatic heterocycles. The van der Waals surface area contributed by atoms with E-state index in [0.29, 0.717) is 5.76 Å². The summed E-state index contributed by atoms with van der Waals surface area (Å²) in [4.78, 5) is 0. The van der Waals surface area contributed by atoms with E-state index in [4.69, 9.17) is 4.74 Å². The van der Waals surface area contributed by atoms with Crippen LogP contribution in [0.4, 0.5) is 0 Å². The van der Waals surface area contributed by atoms with Crippen molar-refractivity contribution in [3.63, 3.8) is 0 Å². The smallest absolute Gasteiger partial charge is 0.111 e. The molecule has 2 aliphatic rings. The predicted molar refractivity (Wildman–Crippen MR) is 58.1 cm³/mol. The molecule has 1 aromatic rings. The van der Waals surface area contributed by atoms with Gasteiger partial charge < -0.3 is 9.84 Å². The highest BCUT2D eigenvalue weighted by Crippen LogP contribution is 2.43. The fraction of sp³-hybridized carbons (Fsp3) is 0.0769. The summed E-state index contributed by atoms with van der Waals surface area (Å²) in [5.74, 6) is 0.347. The van der Waals surface area contributed by atoms with E-state index in [1.165, 1.54) is 0 Å². The summed E-state index contributed by atoms with van der Waals surface area (Å²) in [6.45, 7) is 0. The maximum atomic E-state index is 10.0. The molecule has 0 fully saturated rings. The Balaban J connectivity index is 2.26. The second-order valence-corrected chi connectivity index (χ2v) is 3.73. The molecule has 0 unspecified atom stereocenters. The first kappa shape index (κ1) is 8.36. The summed E-state index contributed by atoms with van der Waals surface area (Å²) in [7, 11) is 0. The quantitative estimate of drug-likeness (QED) is 0.694. The van der Waals surface area contributed by atoms with Crippen molar-refractivity contribution in [2.24, 2.45) is 0 Å². The number of rotatable bonds is 0. The van der Waals surface area contributed by atoms with Gasteiger partial charge in [0, 0.05) is 0 Å². The monoisotopic (exact) mass is 198 g/mol. The molecule has 3 rings (SSSR count). The van der Waals surface area contributed by atoms with Crippen LogP contribution in [-0.4, -0.2) is 5.11 Å². The van der Waals surface area contributed by atoms with Crippen LogP contribution in [0.15, 0.2) is 54.7 Å². The topological polar surface area (TPSA) is 29.5 Å². The van der Waals surface area contributed by atoms with E-state index >= 15 is 0 Å². The third kappa shape index (κ3) is 0.988. The first-order valence-electron chi connectivity index (χ1n) is 4.84. The second kappa shape index (κ2) is 2.76. The molecule has 1 aliphatic carbocycles. The minimum absolute atomic E-state index is 0.347. The molecule has 15 heavy (non-hydrogen) atoms. The fourth-order valence-corrected chi connectivity index (χ4v) is 2.15. The van der Waals surface area contributed by atoms with Crippen LogP contribution in [0.3, 0.4) is 0 Å². The van der Waals surface area contributed by atoms with Crippen molar-refractivity contribution in [3.8, 4) is 0 Å². The van der Waals surface area contributed by atoms with Crippen LogP contribution in [0.1, 0.15) is 11.1 Å². The average Bonchev–Trinajstić information content (AvgIpc) is 2.55. The van der Waals surface area contributed by atoms with Crippen LogP contribution < -0.4 is 0 Å². The first-order chi connectivity index (χ1) is 7.33. The van der Waals surface area contributed by atoms with E-state index in [1.54, 1.807) is 18.6 Å². The summed E-state index contributed by atoms with van der Waals surface area (Å²) in [6.07, 6.45) is 8.74. The summed E-state index contributed by atoms with van der Waals surface area (Å²) in [5, 5.41) is 10.0. The van der Waals surface area contributed by atoms with Crippen LogP contribution in [0.2, 0.25) is 0 Å². The first-order valence-corrected chi connectivity index (χ1v) is 4.84. The molecule has 1 N–H and O–H groups in total. The fourth-order valence-electron chi connectivity index (χ4n) is 2.15. The highest BCUT2D eigenvalue weighted by atomic mass is 16.5. The van der Waals surface area contributed by atoms with E-state index in [9.17, 15) is 5.11 Å². The molecule has 0 saturated heterocycles. The molecule has 1 aromatic carbocycles. The van der Waals surface area contributed by atoms with Crippen LogP contribution in [0, 0.1) is 0 Å². The number of aliphatic hydroxyl groups is 1. The number of ether oxygens (including phenoxy) is 1. The average molecular weight is 198 g/mol. The van der Waals surface area contributed by atoms with Gasteiger partial charge in [-0.05, 0) is 29.4 Å². The molecule has 1 spiro atoms. The van der Waals surface area contributed by atoms with Crippen molar-refractivity contribution < 1.29 is 9.84 Å². The lowest BCUT2D eigenvalue weighted by atomic mass is 9.81. The number of fused-ring (bicyclic) bond motifs is 2. The van der Waals surface area contributed by atoms with Crippen molar-refractivity contribution in [2.75, 3.05) is 0 Å². The molecule has 0 saturated carbocycles. The Morgan fingerprint density at radius 3 is 2.60 bits per heavy atom. The third-order valence-electron chi connectivity index (χ3n) is 2.94. The van der Waals surface area contributed by atoms with Crippen LogP contribution in [0.25, 0.3) is 6.08 Å². The van der Waals surface area contributed by atoms with Crippen LogP contribution in [0.5, 0.6) is 0 Å². The van der Waals surface area contributed by atoms with Crippen molar-refractivity contribution in [1.82, 2.24) is 0 Å². The lowest BCUT2D eigenvalue weighted by molar-refractivity contribution is 0.335. The molecule has 0 bridgehead atoms. The molecule has 0 amide bonds. The van der Waals surface area contributed by atoms with Gasteiger partial charge in [-0.15, -0.1) is 0 Å². The Kier molecular flexibility index (Phi) is 1.54. The summed E-state index contributed by atoms with van der Waals surface area (Å²) < 4.78 is 5.02. The molecular weight excluding hydrogens is 188 g/mol. The van der Waals surface area contributed by atoms with E-state index < -0.39 is 5.41 Å². The largest absolute Gasteiger partial charge is 0.511 e. The Morgan fingerprint density at radius 2 is 1.80 bits per heavy atom. The molecule has 0 radical (unpaired) electrons. The molecule has 1 heterocycles. The summed E-state index contributed by atoms with van der Waals surface area (Å²) >= 11 is 0. The summed E-state index contributed by atoms with van der Waals surface area (Å²) in [5.41, 5.74) is 1.65. The van der Waals surface area contributed by atoms with Gasteiger partial charge in [0.2, 0.25) is 0 Å². The molecule has 0 aromatic heterocycles. The van der Waals surface area contributed by atoms with Gasteiger partial charge in [-0.25, -0.2) is 0 Å². The second-order valence-electron chi connectivity index (χ2n) is 3.73. The van der Waals surface area contributed by atoms with Gasteiger partial charge in [-0.1, -0.05) is 24.3 Å². The normalized spacial score (nSPS) is 19.9. The highest BCUT2D eigenvalue weighted by molar-refractivity contribution is 5.71.